The summed E-state index contributed by atoms with van der Waals surface area (Å²) in [6.45, 7) is 1.95. The molecule has 1 atom stereocenters. The highest BCUT2D eigenvalue weighted by molar-refractivity contribution is 9.10. The van der Waals surface area contributed by atoms with Crippen molar-refractivity contribution in [3.05, 3.63) is 33.8 Å². The fourth-order valence-electron chi connectivity index (χ4n) is 2.82. The van der Waals surface area contributed by atoms with E-state index in [0.717, 1.165) is 35.7 Å². The highest BCUT2D eigenvalue weighted by atomic mass is 79.9. The van der Waals surface area contributed by atoms with Crippen molar-refractivity contribution in [2.45, 2.75) is 45.1 Å². The molecule has 0 spiro atoms. The lowest BCUT2D eigenvalue weighted by molar-refractivity contribution is 0.0928. The standard InChI is InChI=1S/C16H19BrN2O/c1-11-7-13(9-14(17)8-11)16(20)19-15(10-18)12-5-3-2-4-6-12/h7-9,12,15H,2-6H2,1H3,(H,19,20). The van der Waals surface area contributed by atoms with Gasteiger partial charge in [-0.25, -0.2) is 0 Å². The zero-order valence-corrected chi connectivity index (χ0v) is 13.2. The third-order valence-corrected chi connectivity index (χ3v) is 4.31. The fraction of sp³-hybridized carbons (Fsp3) is 0.500. The second-order valence-electron chi connectivity index (χ2n) is 5.50. The van der Waals surface area contributed by atoms with Crippen LogP contribution in [0.25, 0.3) is 0 Å². The number of rotatable bonds is 3. The maximum absolute atomic E-state index is 12.3. The summed E-state index contributed by atoms with van der Waals surface area (Å²) in [5.74, 6) is 0.137. The van der Waals surface area contributed by atoms with Crippen LogP contribution in [-0.2, 0) is 0 Å². The fourth-order valence-corrected chi connectivity index (χ4v) is 3.42. The van der Waals surface area contributed by atoms with Crippen molar-refractivity contribution in [3.63, 3.8) is 0 Å². The summed E-state index contributed by atoms with van der Waals surface area (Å²) < 4.78 is 0.883. The molecule has 20 heavy (non-hydrogen) atoms. The molecule has 1 aromatic rings. The molecule has 4 heteroatoms. The minimum atomic E-state index is -0.373. The summed E-state index contributed by atoms with van der Waals surface area (Å²) in [4.78, 5) is 12.3. The summed E-state index contributed by atoms with van der Waals surface area (Å²) in [6, 6.07) is 7.47. The molecule has 1 unspecified atom stereocenters. The topological polar surface area (TPSA) is 52.9 Å². The smallest absolute Gasteiger partial charge is 0.252 e. The van der Waals surface area contributed by atoms with Crippen molar-refractivity contribution in [1.82, 2.24) is 5.32 Å². The van der Waals surface area contributed by atoms with Crippen molar-refractivity contribution < 1.29 is 4.79 Å². The molecule has 1 aromatic carbocycles. The van der Waals surface area contributed by atoms with Crippen LogP contribution in [0.3, 0.4) is 0 Å². The summed E-state index contributed by atoms with van der Waals surface area (Å²) in [6.07, 6.45) is 5.64. The van der Waals surface area contributed by atoms with Crippen molar-refractivity contribution in [3.8, 4) is 6.07 Å². The second kappa shape index (κ2) is 6.90. The molecule has 0 radical (unpaired) electrons. The van der Waals surface area contributed by atoms with E-state index in [1.165, 1.54) is 6.42 Å². The van der Waals surface area contributed by atoms with Crippen molar-refractivity contribution in [1.29, 1.82) is 5.26 Å². The van der Waals surface area contributed by atoms with Gasteiger partial charge in [-0.05, 0) is 49.4 Å². The van der Waals surface area contributed by atoms with Gasteiger partial charge in [-0.2, -0.15) is 5.26 Å². The normalized spacial score (nSPS) is 17.2. The number of carbonyl (C=O) groups excluding carboxylic acids is 1. The molecule has 1 aliphatic carbocycles. The van der Waals surface area contributed by atoms with Gasteiger partial charge >= 0.3 is 0 Å². The summed E-state index contributed by atoms with van der Waals surface area (Å²) >= 11 is 3.40. The molecule has 106 valence electrons. The molecular formula is C16H19BrN2O. The third-order valence-electron chi connectivity index (χ3n) is 3.85. The van der Waals surface area contributed by atoms with Gasteiger partial charge in [-0.3, -0.25) is 4.79 Å². The number of nitriles is 1. The maximum Gasteiger partial charge on any atom is 0.252 e. The highest BCUT2D eigenvalue weighted by Crippen LogP contribution is 2.26. The number of benzene rings is 1. The van der Waals surface area contributed by atoms with Crippen LogP contribution < -0.4 is 5.32 Å². The Morgan fingerprint density at radius 3 is 2.65 bits per heavy atom. The Morgan fingerprint density at radius 1 is 1.35 bits per heavy atom. The average Bonchev–Trinajstić information content (AvgIpc) is 2.44. The monoisotopic (exact) mass is 334 g/mol. The minimum Gasteiger partial charge on any atom is -0.336 e. The first-order valence-electron chi connectivity index (χ1n) is 7.08. The zero-order valence-electron chi connectivity index (χ0n) is 11.7. The van der Waals surface area contributed by atoms with E-state index >= 15 is 0 Å². The molecule has 1 amide bonds. The third kappa shape index (κ3) is 3.83. The summed E-state index contributed by atoms with van der Waals surface area (Å²) in [7, 11) is 0. The van der Waals surface area contributed by atoms with Crippen LogP contribution in [0, 0.1) is 24.2 Å². The van der Waals surface area contributed by atoms with Crippen LogP contribution in [0.1, 0.15) is 48.0 Å². The summed E-state index contributed by atoms with van der Waals surface area (Å²) in [5.41, 5.74) is 1.63. The molecule has 1 aliphatic rings. The van der Waals surface area contributed by atoms with Gasteiger partial charge in [0.05, 0.1) is 6.07 Å². The van der Waals surface area contributed by atoms with Gasteiger partial charge in [-0.15, -0.1) is 0 Å². The van der Waals surface area contributed by atoms with Gasteiger partial charge < -0.3 is 5.32 Å². The lowest BCUT2D eigenvalue weighted by Crippen LogP contribution is -2.40. The van der Waals surface area contributed by atoms with Gasteiger partial charge in [0.25, 0.3) is 5.91 Å². The Labute approximate surface area is 128 Å². The van der Waals surface area contributed by atoms with Gasteiger partial charge in [0.15, 0.2) is 0 Å². The predicted molar refractivity (Wildman–Crippen MR) is 82.3 cm³/mol. The Hall–Kier alpha value is -1.34. The number of hydrogen-bond acceptors (Lipinski definition) is 2. The van der Waals surface area contributed by atoms with Crippen LogP contribution in [-0.4, -0.2) is 11.9 Å². The van der Waals surface area contributed by atoms with Crippen molar-refractivity contribution in [2.75, 3.05) is 0 Å². The molecule has 0 saturated heterocycles. The number of amides is 1. The van der Waals surface area contributed by atoms with Gasteiger partial charge in [-0.1, -0.05) is 35.2 Å². The van der Waals surface area contributed by atoms with E-state index in [2.05, 4.69) is 27.3 Å². The van der Waals surface area contributed by atoms with Crippen LogP contribution >= 0.6 is 15.9 Å². The molecule has 1 N–H and O–H groups in total. The number of nitrogens with zero attached hydrogens (tertiary/aromatic N) is 1. The van der Waals surface area contributed by atoms with Crippen LogP contribution in [0.15, 0.2) is 22.7 Å². The second-order valence-corrected chi connectivity index (χ2v) is 6.41. The Kier molecular flexibility index (Phi) is 5.19. The van der Waals surface area contributed by atoms with Crippen molar-refractivity contribution in [2.24, 2.45) is 5.92 Å². The van der Waals surface area contributed by atoms with Crippen molar-refractivity contribution >= 4 is 21.8 Å². The maximum atomic E-state index is 12.3. The van der Waals surface area contributed by atoms with E-state index in [9.17, 15) is 10.1 Å². The van der Waals surface area contributed by atoms with Crippen LogP contribution in [0.4, 0.5) is 0 Å². The van der Waals surface area contributed by atoms with Crippen LogP contribution in [0.5, 0.6) is 0 Å². The van der Waals surface area contributed by atoms with E-state index < -0.39 is 0 Å². The SMILES string of the molecule is Cc1cc(Br)cc(C(=O)NC(C#N)C2CCCCC2)c1. The minimum absolute atomic E-state index is 0.161. The first-order valence-corrected chi connectivity index (χ1v) is 7.87. The number of halogens is 1. The van der Waals surface area contributed by atoms with Gasteiger partial charge in [0.1, 0.15) is 6.04 Å². The molecule has 0 heterocycles. The Bertz CT molecular complexity index is 510. The molecule has 2 rings (SSSR count). The highest BCUT2D eigenvalue weighted by Gasteiger charge is 2.25. The molecule has 1 fully saturated rings. The quantitative estimate of drug-likeness (QED) is 0.909. The van der Waals surface area contributed by atoms with E-state index in [1.54, 1.807) is 6.07 Å². The number of carbonyl (C=O) groups is 1. The van der Waals surface area contributed by atoms with Gasteiger partial charge in [0.2, 0.25) is 0 Å². The van der Waals surface area contributed by atoms with E-state index in [-0.39, 0.29) is 11.9 Å². The molecule has 0 aliphatic heterocycles. The summed E-state index contributed by atoms with van der Waals surface area (Å²) in [5, 5.41) is 12.2. The molecule has 1 saturated carbocycles. The lowest BCUT2D eigenvalue weighted by atomic mass is 9.84. The Morgan fingerprint density at radius 2 is 2.05 bits per heavy atom. The largest absolute Gasteiger partial charge is 0.336 e. The molecular weight excluding hydrogens is 316 g/mol. The van der Waals surface area contributed by atoms with E-state index in [0.29, 0.717) is 11.5 Å². The molecule has 3 nitrogen and oxygen atoms in total. The van der Waals surface area contributed by atoms with Gasteiger partial charge in [0, 0.05) is 10.0 Å². The van der Waals surface area contributed by atoms with E-state index in [1.807, 2.05) is 19.1 Å². The van der Waals surface area contributed by atoms with E-state index in [4.69, 9.17) is 0 Å². The number of aryl methyl sites for hydroxylation is 1. The number of nitrogens with one attached hydrogen (secondary N) is 1. The first kappa shape index (κ1) is 15.1. The predicted octanol–water partition coefficient (Wildman–Crippen LogP) is 3.96. The number of hydrogen-bond donors (Lipinski definition) is 1. The lowest BCUT2D eigenvalue weighted by Gasteiger charge is -2.26. The average molecular weight is 335 g/mol. The first-order chi connectivity index (χ1) is 9.60. The molecule has 0 aromatic heterocycles. The Balaban J connectivity index is 2.07. The zero-order chi connectivity index (χ0) is 14.5. The molecule has 0 bridgehead atoms. The van der Waals surface area contributed by atoms with Crippen LogP contribution in [0.2, 0.25) is 0 Å².